The molecule has 0 spiro atoms. The molecule has 2 aromatic rings. The number of hydrogen-bond acceptors (Lipinski definition) is 2. The number of carboxylic acid groups (broad SMARTS) is 1. The molecule has 0 aliphatic heterocycles. The standard InChI is InChI=1S/C23H28O3/c1-3-4-14-26-22(23(24)25)20-16(2)15-18-12-8-9-13-19(18)21(20)17-10-6-5-7-11-17/h8-10,12-13,15,22H,3-7,11,14H2,1-2H3,(H,24,25). The summed E-state index contributed by atoms with van der Waals surface area (Å²) < 4.78 is 5.86. The van der Waals surface area contributed by atoms with Gasteiger partial charge in [-0.1, -0.05) is 49.8 Å². The second kappa shape index (κ2) is 8.50. The molecule has 26 heavy (non-hydrogen) atoms. The van der Waals surface area contributed by atoms with E-state index in [0.29, 0.717) is 6.61 Å². The molecular formula is C23H28O3. The van der Waals surface area contributed by atoms with Crippen LogP contribution in [-0.2, 0) is 9.53 Å². The van der Waals surface area contributed by atoms with Crippen molar-refractivity contribution >= 4 is 22.3 Å². The maximum Gasteiger partial charge on any atom is 0.337 e. The zero-order valence-corrected chi connectivity index (χ0v) is 15.8. The molecule has 3 rings (SSSR count). The van der Waals surface area contributed by atoms with Crippen LogP contribution in [0.25, 0.3) is 16.3 Å². The molecule has 3 nitrogen and oxygen atoms in total. The van der Waals surface area contributed by atoms with Gasteiger partial charge >= 0.3 is 5.97 Å². The Morgan fingerprint density at radius 3 is 2.77 bits per heavy atom. The van der Waals surface area contributed by atoms with E-state index in [1.807, 2.05) is 19.1 Å². The van der Waals surface area contributed by atoms with Crippen molar-refractivity contribution < 1.29 is 14.6 Å². The Morgan fingerprint density at radius 2 is 2.08 bits per heavy atom. The van der Waals surface area contributed by atoms with Crippen molar-refractivity contribution in [3.8, 4) is 0 Å². The van der Waals surface area contributed by atoms with Gasteiger partial charge in [0.05, 0.1) is 0 Å². The van der Waals surface area contributed by atoms with Gasteiger partial charge in [0.25, 0.3) is 0 Å². The summed E-state index contributed by atoms with van der Waals surface area (Å²) in [7, 11) is 0. The molecule has 0 bridgehead atoms. The van der Waals surface area contributed by atoms with Gasteiger partial charge in [0, 0.05) is 12.2 Å². The second-order valence-corrected chi connectivity index (χ2v) is 7.12. The van der Waals surface area contributed by atoms with Crippen molar-refractivity contribution in [1.29, 1.82) is 0 Å². The number of aliphatic carboxylic acids is 1. The van der Waals surface area contributed by atoms with Crippen LogP contribution in [-0.4, -0.2) is 17.7 Å². The summed E-state index contributed by atoms with van der Waals surface area (Å²) in [6.45, 7) is 4.56. The van der Waals surface area contributed by atoms with Crippen molar-refractivity contribution in [3.63, 3.8) is 0 Å². The number of carbonyl (C=O) groups is 1. The van der Waals surface area contributed by atoms with Crippen LogP contribution in [0.3, 0.4) is 0 Å². The molecule has 0 fully saturated rings. The molecule has 1 unspecified atom stereocenters. The summed E-state index contributed by atoms with van der Waals surface area (Å²) in [5.41, 5.74) is 4.19. The Hall–Kier alpha value is -2.13. The van der Waals surface area contributed by atoms with E-state index in [1.54, 1.807) is 0 Å². The molecule has 0 saturated carbocycles. The van der Waals surface area contributed by atoms with E-state index in [0.717, 1.165) is 59.6 Å². The van der Waals surface area contributed by atoms with E-state index in [2.05, 4.69) is 31.2 Å². The van der Waals surface area contributed by atoms with Crippen molar-refractivity contribution in [2.75, 3.05) is 6.61 Å². The Balaban J connectivity index is 2.20. The minimum absolute atomic E-state index is 0.470. The molecular weight excluding hydrogens is 324 g/mol. The fourth-order valence-corrected chi connectivity index (χ4v) is 3.88. The lowest BCUT2D eigenvalue weighted by molar-refractivity contribution is -0.151. The Morgan fingerprint density at radius 1 is 1.27 bits per heavy atom. The summed E-state index contributed by atoms with van der Waals surface area (Å²) in [5.74, 6) is -0.905. The van der Waals surface area contributed by atoms with Gasteiger partial charge in [-0.05, 0) is 66.5 Å². The average Bonchev–Trinajstić information content (AvgIpc) is 2.65. The van der Waals surface area contributed by atoms with Crippen LogP contribution in [0.1, 0.15) is 68.2 Å². The average molecular weight is 352 g/mol. The zero-order chi connectivity index (χ0) is 18.5. The predicted molar refractivity (Wildman–Crippen MR) is 106 cm³/mol. The lowest BCUT2D eigenvalue weighted by atomic mass is 9.83. The molecule has 0 aromatic heterocycles. The third-order valence-electron chi connectivity index (χ3n) is 5.18. The molecule has 3 heteroatoms. The molecule has 1 atom stereocenters. The SMILES string of the molecule is CCCCOC(C(=O)O)c1c(C)cc2ccccc2c1C1=CCCCC1. The van der Waals surface area contributed by atoms with Gasteiger partial charge in [0.2, 0.25) is 0 Å². The zero-order valence-electron chi connectivity index (χ0n) is 15.8. The summed E-state index contributed by atoms with van der Waals surface area (Å²) in [6.07, 6.45) is 7.66. The largest absolute Gasteiger partial charge is 0.479 e. The highest BCUT2D eigenvalue weighted by molar-refractivity contribution is 5.98. The van der Waals surface area contributed by atoms with Gasteiger partial charge in [-0.25, -0.2) is 4.79 Å². The van der Waals surface area contributed by atoms with Crippen LogP contribution >= 0.6 is 0 Å². The highest BCUT2D eigenvalue weighted by Gasteiger charge is 2.28. The lowest BCUT2D eigenvalue weighted by Crippen LogP contribution is -2.19. The first-order chi connectivity index (χ1) is 12.6. The van der Waals surface area contributed by atoms with Crippen LogP contribution in [0.4, 0.5) is 0 Å². The van der Waals surface area contributed by atoms with Gasteiger partial charge < -0.3 is 9.84 Å². The van der Waals surface area contributed by atoms with Crippen molar-refractivity contribution in [3.05, 3.63) is 53.1 Å². The number of fused-ring (bicyclic) bond motifs is 1. The Labute approximate surface area is 155 Å². The Kier molecular flexibility index (Phi) is 6.10. The fraction of sp³-hybridized carbons (Fsp3) is 0.435. The van der Waals surface area contributed by atoms with Gasteiger partial charge in [-0.3, -0.25) is 0 Å². The number of aryl methyl sites for hydroxylation is 1. The summed E-state index contributed by atoms with van der Waals surface area (Å²) in [6, 6.07) is 10.4. The quantitative estimate of drug-likeness (QED) is 0.617. The first kappa shape index (κ1) is 18.7. The molecule has 0 saturated heterocycles. The fourth-order valence-electron chi connectivity index (χ4n) is 3.88. The van der Waals surface area contributed by atoms with E-state index in [9.17, 15) is 9.90 Å². The number of carboxylic acids is 1. The monoisotopic (exact) mass is 352 g/mol. The summed E-state index contributed by atoms with van der Waals surface area (Å²) >= 11 is 0. The van der Waals surface area contributed by atoms with Gasteiger partial charge in [0.1, 0.15) is 0 Å². The number of ether oxygens (including phenoxy) is 1. The van der Waals surface area contributed by atoms with Crippen molar-refractivity contribution in [2.24, 2.45) is 0 Å². The lowest BCUT2D eigenvalue weighted by Gasteiger charge is -2.25. The van der Waals surface area contributed by atoms with Crippen LogP contribution in [0, 0.1) is 6.92 Å². The predicted octanol–water partition coefficient (Wildman–Crippen LogP) is 6.05. The van der Waals surface area contributed by atoms with Gasteiger partial charge in [-0.2, -0.15) is 0 Å². The smallest absolute Gasteiger partial charge is 0.337 e. The number of benzene rings is 2. The maximum atomic E-state index is 12.1. The van der Waals surface area contributed by atoms with E-state index in [-0.39, 0.29) is 0 Å². The normalized spacial score (nSPS) is 15.7. The molecule has 0 heterocycles. The molecule has 138 valence electrons. The molecule has 1 N–H and O–H groups in total. The van der Waals surface area contributed by atoms with E-state index >= 15 is 0 Å². The maximum absolute atomic E-state index is 12.1. The highest BCUT2D eigenvalue weighted by atomic mass is 16.5. The number of rotatable bonds is 7. The molecule has 1 aliphatic rings. The van der Waals surface area contributed by atoms with E-state index in [4.69, 9.17) is 4.74 Å². The van der Waals surface area contributed by atoms with Crippen molar-refractivity contribution in [2.45, 2.75) is 58.5 Å². The van der Waals surface area contributed by atoms with Crippen LogP contribution in [0.5, 0.6) is 0 Å². The first-order valence-electron chi connectivity index (χ1n) is 9.69. The van der Waals surface area contributed by atoms with Crippen molar-refractivity contribution in [1.82, 2.24) is 0 Å². The minimum atomic E-state index is -0.913. The van der Waals surface area contributed by atoms with Crippen LogP contribution < -0.4 is 0 Å². The van der Waals surface area contributed by atoms with E-state index < -0.39 is 12.1 Å². The van der Waals surface area contributed by atoms with Crippen LogP contribution in [0.2, 0.25) is 0 Å². The molecule has 0 radical (unpaired) electrons. The number of hydrogen-bond donors (Lipinski definition) is 1. The van der Waals surface area contributed by atoms with Crippen LogP contribution in [0.15, 0.2) is 36.4 Å². The van der Waals surface area contributed by atoms with Gasteiger partial charge in [0.15, 0.2) is 6.10 Å². The number of allylic oxidation sites excluding steroid dienone is 2. The summed E-state index contributed by atoms with van der Waals surface area (Å²) in [5, 5.41) is 12.2. The molecule has 0 amide bonds. The van der Waals surface area contributed by atoms with Gasteiger partial charge in [-0.15, -0.1) is 0 Å². The van der Waals surface area contributed by atoms with E-state index in [1.165, 1.54) is 12.0 Å². The molecule has 1 aliphatic carbocycles. The Bertz CT molecular complexity index is 820. The molecule has 2 aromatic carbocycles. The third kappa shape index (κ3) is 3.83. The topological polar surface area (TPSA) is 46.5 Å². The minimum Gasteiger partial charge on any atom is -0.479 e. The second-order valence-electron chi connectivity index (χ2n) is 7.12. The third-order valence-corrected chi connectivity index (χ3v) is 5.18. The highest BCUT2D eigenvalue weighted by Crippen LogP contribution is 2.39. The first-order valence-corrected chi connectivity index (χ1v) is 9.69. The number of unbranched alkanes of at least 4 members (excludes halogenated alkanes) is 1. The summed E-state index contributed by atoms with van der Waals surface area (Å²) in [4.78, 5) is 12.1.